The van der Waals surface area contributed by atoms with Crippen LogP contribution in [-0.2, 0) is 0 Å². The van der Waals surface area contributed by atoms with Crippen molar-refractivity contribution in [3.8, 4) is 5.75 Å². The summed E-state index contributed by atoms with van der Waals surface area (Å²) in [4.78, 5) is 0. The van der Waals surface area contributed by atoms with Gasteiger partial charge in [-0.2, -0.15) is 0 Å². The zero-order valence-electron chi connectivity index (χ0n) is 11.3. The van der Waals surface area contributed by atoms with E-state index in [1.807, 2.05) is 6.92 Å². The maximum Gasteiger partial charge on any atom is 0.165 e. The maximum atomic E-state index is 13.6. The Hall–Kier alpha value is -1.16. The molecule has 1 aromatic carbocycles. The zero-order chi connectivity index (χ0) is 13.7. The fraction of sp³-hybridized carbons (Fsp3) is 0.600. The number of hydrogen-bond acceptors (Lipinski definition) is 2. The zero-order valence-corrected chi connectivity index (χ0v) is 11.3. The number of halogens is 2. The van der Waals surface area contributed by atoms with Gasteiger partial charge in [0.25, 0.3) is 0 Å². The van der Waals surface area contributed by atoms with Gasteiger partial charge in [-0.1, -0.05) is 19.8 Å². The van der Waals surface area contributed by atoms with Gasteiger partial charge in [0.15, 0.2) is 11.6 Å². The van der Waals surface area contributed by atoms with Gasteiger partial charge in [-0.15, -0.1) is 0 Å². The predicted molar refractivity (Wildman–Crippen MR) is 71.3 cm³/mol. The third-order valence-electron chi connectivity index (χ3n) is 3.59. The van der Waals surface area contributed by atoms with Crippen LogP contribution in [0.25, 0.3) is 0 Å². The van der Waals surface area contributed by atoms with Crippen LogP contribution >= 0.6 is 0 Å². The molecule has 19 heavy (non-hydrogen) atoms. The van der Waals surface area contributed by atoms with E-state index in [1.165, 1.54) is 6.42 Å². The molecule has 1 aromatic rings. The molecule has 2 unspecified atom stereocenters. The van der Waals surface area contributed by atoms with E-state index in [0.717, 1.165) is 50.4 Å². The van der Waals surface area contributed by atoms with Crippen molar-refractivity contribution in [2.45, 2.75) is 51.2 Å². The summed E-state index contributed by atoms with van der Waals surface area (Å²) in [5.41, 5.74) is 0. The van der Waals surface area contributed by atoms with Gasteiger partial charge in [0.2, 0.25) is 0 Å². The molecule has 2 rings (SSSR count). The summed E-state index contributed by atoms with van der Waals surface area (Å²) in [6.07, 6.45) is 5.22. The van der Waals surface area contributed by atoms with Crippen molar-refractivity contribution < 1.29 is 13.5 Å². The lowest BCUT2D eigenvalue weighted by molar-refractivity contribution is 0.139. The van der Waals surface area contributed by atoms with E-state index in [1.54, 1.807) is 0 Å². The number of ether oxygens (including phenoxy) is 1. The Bertz CT molecular complexity index is 411. The second kappa shape index (κ2) is 6.85. The van der Waals surface area contributed by atoms with Crippen LogP contribution in [0.1, 0.15) is 39.0 Å². The number of benzene rings is 1. The van der Waals surface area contributed by atoms with E-state index in [0.29, 0.717) is 0 Å². The Balaban J connectivity index is 2.11. The van der Waals surface area contributed by atoms with Gasteiger partial charge in [0.1, 0.15) is 11.9 Å². The van der Waals surface area contributed by atoms with E-state index < -0.39 is 11.6 Å². The summed E-state index contributed by atoms with van der Waals surface area (Å²) in [7, 11) is 0. The molecule has 0 spiro atoms. The third kappa shape index (κ3) is 3.90. The largest absolute Gasteiger partial charge is 0.486 e. The fourth-order valence-electron chi connectivity index (χ4n) is 2.64. The Morgan fingerprint density at radius 2 is 2.00 bits per heavy atom. The third-order valence-corrected chi connectivity index (χ3v) is 3.59. The minimum absolute atomic E-state index is 0.0230. The quantitative estimate of drug-likeness (QED) is 0.842. The summed E-state index contributed by atoms with van der Waals surface area (Å²) in [6, 6.07) is 3.57. The van der Waals surface area contributed by atoms with E-state index in [-0.39, 0.29) is 17.9 Å². The van der Waals surface area contributed by atoms with Crippen LogP contribution in [0.2, 0.25) is 0 Å². The molecule has 0 aliphatic heterocycles. The van der Waals surface area contributed by atoms with Crippen LogP contribution < -0.4 is 10.1 Å². The van der Waals surface area contributed by atoms with Crippen LogP contribution in [0, 0.1) is 11.6 Å². The average molecular weight is 269 g/mol. The molecule has 1 aliphatic carbocycles. The lowest BCUT2D eigenvalue weighted by Gasteiger charge is -2.27. The Morgan fingerprint density at radius 1 is 1.21 bits per heavy atom. The van der Waals surface area contributed by atoms with Crippen molar-refractivity contribution in [3.63, 3.8) is 0 Å². The topological polar surface area (TPSA) is 21.3 Å². The first-order chi connectivity index (χ1) is 9.20. The molecule has 2 atom stereocenters. The normalized spacial score (nSPS) is 23.9. The van der Waals surface area contributed by atoms with E-state index >= 15 is 0 Å². The van der Waals surface area contributed by atoms with E-state index in [4.69, 9.17) is 4.74 Å². The van der Waals surface area contributed by atoms with Gasteiger partial charge in [0.05, 0.1) is 0 Å². The lowest BCUT2D eigenvalue weighted by atomic mass is 10.1. The monoisotopic (exact) mass is 269 g/mol. The molecule has 106 valence electrons. The molecule has 0 aromatic heterocycles. The molecule has 0 amide bonds. The summed E-state index contributed by atoms with van der Waals surface area (Å²) in [6.45, 7) is 2.90. The fourth-order valence-corrected chi connectivity index (χ4v) is 2.64. The van der Waals surface area contributed by atoms with Gasteiger partial charge in [-0.3, -0.25) is 0 Å². The second-order valence-electron chi connectivity index (χ2n) is 5.03. The van der Waals surface area contributed by atoms with Crippen molar-refractivity contribution in [2.75, 3.05) is 6.54 Å². The van der Waals surface area contributed by atoms with Gasteiger partial charge < -0.3 is 10.1 Å². The second-order valence-corrected chi connectivity index (χ2v) is 5.03. The molecular formula is C15H21F2NO. The minimum Gasteiger partial charge on any atom is -0.486 e. The van der Waals surface area contributed by atoms with Gasteiger partial charge in [0, 0.05) is 12.1 Å². The van der Waals surface area contributed by atoms with Crippen LogP contribution in [-0.4, -0.2) is 18.7 Å². The van der Waals surface area contributed by atoms with Crippen LogP contribution in [0.3, 0.4) is 0 Å². The molecule has 0 heterocycles. The standard InChI is InChI=1S/C15H21F2NO/c1-2-18-13-6-4-3-5-7-14(13)19-15-10-11(16)8-9-12(15)17/h8-10,13-14,18H,2-7H2,1H3. The molecule has 1 saturated carbocycles. The SMILES string of the molecule is CCNC1CCCCCC1Oc1cc(F)ccc1F. The molecule has 4 heteroatoms. The lowest BCUT2D eigenvalue weighted by Crippen LogP contribution is -2.42. The van der Waals surface area contributed by atoms with Crippen molar-refractivity contribution in [1.29, 1.82) is 0 Å². The molecule has 0 bridgehead atoms. The van der Waals surface area contributed by atoms with E-state index in [9.17, 15) is 8.78 Å². The van der Waals surface area contributed by atoms with Crippen molar-refractivity contribution in [2.24, 2.45) is 0 Å². The van der Waals surface area contributed by atoms with Crippen LogP contribution in [0.4, 0.5) is 8.78 Å². The molecule has 1 aliphatic rings. The van der Waals surface area contributed by atoms with Crippen LogP contribution in [0.5, 0.6) is 5.75 Å². The molecule has 0 saturated heterocycles. The summed E-state index contributed by atoms with van der Waals surface area (Å²) < 4.78 is 32.5. The highest BCUT2D eigenvalue weighted by atomic mass is 19.1. The predicted octanol–water partition coefficient (Wildman–Crippen LogP) is 3.65. The Labute approximate surface area is 113 Å². The number of nitrogens with one attached hydrogen (secondary N) is 1. The Morgan fingerprint density at radius 3 is 2.79 bits per heavy atom. The first kappa shape index (κ1) is 14.3. The summed E-state index contributed by atoms with van der Waals surface area (Å²) >= 11 is 0. The number of rotatable bonds is 4. The number of hydrogen-bond donors (Lipinski definition) is 1. The highest BCUT2D eigenvalue weighted by molar-refractivity contribution is 5.25. The van der Waals surface area contributed by atoms with Gasteiger partial charge in [-0.05, 0) is 37.9 Å². The minimum atomic E-state index is -0.499. The Kier molecular flexibility index (Phi) is 5.14. The first-order valence-corrected chi connectivity index (χ1v) is 7.05. The number of likely N-dealkylation sites (N-methyl/N-ethyl adjacent to an activating group) is 1. The average Bonchev–Trinajstić information content (AvgIpc) is 2.60. The smallest absolute Gasteiger partial charge is 0.165 e. The van der Waals surface area contributed by atoms with Gasteiger partial charge >= 0.3 is 0 Å². The first-order valence-electron chi connectivity index (χ1n) is 7.05. The van der Waals surface area contributed by atoms with E-state index in [2.05, 4.69) is 5.32 Å². The molecule has 1 N–H and O–H groups in total. The molecule has 0 radical (unpaired) electrons. The van der Waals surface area contributed by atoms with Crippen molar-refractivity contribution >= 4 is 0 Å². The van der Waals surface area contributed by atoms with Crippen molar-refractivity contribution in [3.05, 3.63) is 29.8 Å². The summed E-state index contributed by atoms with van der Waals surface area (Å²) in [5, 5.41) is 3.39. The summed E-state index contributed by atoms with van der Waals surface area (Å²) in [5.74, 6) is -0.944. The maximum absolute atomic E-state index is 13.6. The molecule has 2 nitrogen and oxygen atoms in total. The van der Waals surface area contributed by atoms with Crippen molar-refractivity contribution in [1.82, 2.24) is 5.32 Å². The molecular weight excluding hydrogens is 248 g/mol. The highest BCUT2D eigenvalue weighted by Gasteiger charge is 2.25. The van der Waals surface area contributed by atoms with Crippen LogP contribution in [0.15, 0.2) is 18.2 Å². The highest BCUT2D eigenvalue weighted by Crippen LogP contribution is 2.25. The molecule has 1 fully saturated rings. The van der Waals surface area contributed by atoms with Gasteiger partial charge in [-0.25, -0.2) is 8.78 Å².